The van der Waals surface area contributed by atoms with Crippen LogP contribution < -0.4 is 5.32 Å². The van der Waals surface area contributed by atoms with Gasteiger partial charge in [0, 0.05) is 22.7 Å². The molecule has 1 aliphatic rings. The number of hydrogen-bond donors (Lipinski definition) is 1. The van der Waals surface area contributed by atoms with Gasteiger partial charge in [-0.3, -0.25) is 19.6 Å². The molecule has 1 N–H and O–H groups in total. The zero-order valence-corrected chi connectivity index (χ0v) is 14.7. The average molecular weight is 348 g/mol. The van der Waals surface area contributed by atoms with Gasteiger partial charge in [-0.05, 0) is 40.0 Å². The number of nitro groups is 1. The molecule has 0 radical (unpaired) electrons. The van der Waals surface area contributed by atoms with Gasteiger partial charge in [-0.2, -0.15) is 5.10 Å². The van der Waals surface area contributed by atoms with E-state index in [4.69, 9.17) is 0 Å². The molecule has 2 heterocycles. The van der Waals surface area contributed by atoms with E-state index in [1.807, 2.05) is 10.9 Å². The molecule has 0 bridgehead atoms. The molecular formula is C16H20N4O3S. The van der Waals surface area contributed by atoms with Gasteiger partial charge in [0.25, 0.3) is 5.91 Å². The number of carbonyl (C=O) groups is 1. The zero-order valence-electron chi connectivity index (χ0n) is 13.9. The lowest BCUT2D eigenvalue weighted by Gasteiger charge is -2.28. The maximum atomic E-state index is 12.4. The van der Waals surface area contributed by atoms with Crippen molar-refractivity contribution < 1.29 is 9.72 Å². The first-order valence-corrected chi connectivity index (χ1v) is 8.76. The van der Waals surface area contributed by atoms with Gasteiger partial charge in [-0.25, -0.2) is 0 Å². The van der Waals surface area contributed by atoms with Crippen molar-refractivity contribution in [2.24, 2.45) is 0 Å². The minimum Gasteiger partial charge on any atom is -0.345 e. The van der Waals surface area contributed by atoms with E-state index in [0.717, 1.165) is 41.9 Å². The van der Waals surface area contributed by atoms with E-state index in [1.54, 1.807) is 0 Å². The van der Waals surface area contributed by atoms with Crippen LogP contribution in [0.15, 0.2) is 17.6 Å². The predicted molar refractivity (Wildman–Crippen MR) is 91.3 cm³/mol. The molecule has 8 heteroatoms. The van der Waals surface area contributed by atoms with Gasteiger partial charge >= 0.3 is 5.00 Å². The summed E-state index contributed by atoms with van der Waals surface area (Å²) in [5.41, 5.74) is 2.44. The molecule has 0 spiro atoms. The number of thiophene rings is 1. The fourth-order valence-electron chi connectivity index (χ4n) is 3.07. The van der Waals surface area contributed by atoms with Crippen LogP contribution >= 0.6 is 11.3 Å². The second-order valence-corrected chi connectivity index (χ2v) is 7.87. The molecular weight excluding hydrogens is 328 g/mol. The van der Waals surface area contributed by atoms with E-state index in [1.165, 1.54) is 11.4 Å². The Bertz CT molecular complexity index is 788. The summed E-state index contributed by atoms with van der Waals surface area (Å²) in [5.74, 6) is -0.277. The minimum atomic E-state index is -0.479. The number of aromatic nitrogens is 2. The molecule has 0 saturated carbocycles. The summed E-state index contributed by atoms with van der Waals surface area (Å²) < 4.78 is 2.02. The van der Waals surface area contributed by atoms with Crippen LogP contribution in [0.5, 0.6) is 0 Å². The van der Waals surface area contributed by atoms with Crippen LogP contribution in [0.4, 0.5) is 5.00 Å². The Morgan fingerprint density at radius 1 is 1.50 bits per heavy atom. The maximum absolute atomic E-state index is 12.4. The van der Waals surface area contributed by atoms with Gasteiger partial charge in [0.2, 0.25) is 0 Å². The molecule has 0 aliphatic heterocycles. The largest absolute Gasteiger partial charge is 0.345 e. The molecule has 128 valence electrons. The number of rotatable bonds is 3. The van der Waals surface area contributed by atoms with E-state index in [-0.39, 0.29) is 22.5 Å². The second-order valence-electron chi connectivity index (χ2n) is 6.98. The fourth-order valence-corrected chi connectivity index (χ4v) is 3.77. The first-order valence-electron chi connectivity index (χ1n) is 7.88. The summed E-state index contributed by atoms with van der Waals surface area (Å²) in [6.07, 6.45) is 4.61. The summed E-state index contributed by atoms with van der Waals surface area (Å²) in [6, 6.07) is 1.22. The standard InChI is InChI=1S/C16H20N4O3S/c1-16(2,3)19-13-6-4-5-12(11(13)8-17-19)18-15(21)10-7-14(20(22)23)24-9-10/h7-9,12H,4-6H2,1-3H3,(H,18,21)/t12-/m1/s1. The zero-order chi connectivity index (χ0) is 17.5. The van der Waals surface area contributed by atoms with Crippen LogP contribution in [0, 0.1) is 10.1 Å². The molecule has 0 saturated heterocycles. The lowest BCUT2D eigenvalue weighted by molar-refractivity contribution is -0.380. The summed E-state index contributed by atoms with van der Waals surface area (Å²) in [6.45, 7) is 6.31. The quantitative estimate of drug-likeness (QED) is 0.680. The first-order chi connectivity index (χ1) is 11.3. The number of carbonyl (C=O) groups excluding carboxylic acids is 1. The van der Waals surface area contributed by atoms with Crippen molar-refractivity contribution in [1.29, 1.82) is 0 Å². The van der Waals surface area contributed by atoms with Gasteiger partial charge in [-0.15, -0.1) is 0 Å². The third kappa shape index (κ3) is 3.06. The van der Waals surface area contributed by atoms with Crippen LogP contribution in [0.1, 0.15) is 61.3 Å². The van der Waals surface area contributed by atoms with Crippen molar-refractivity contribution in [3.05, 3.63) is 44.6 Å². The molecule has 24 heavy (non-hydrogen) atoms. The molecule has 2 aromatic heterocycles. The van der Waals surface area contributed by atoms with Crippen LogP contribution in [-0.2, 0) is 12.0 Å². The Labute approximate surface area is 143 Å². The predicted octanol–water partition coefficient (Wildman–Crippen LogP) is 3.42. The van der Waals surface area contributed by atoms with Crippen molar-refractivity contribution in [2.45, 2.75) is 51.6 Å². The number of nitrogens with one attached hydrogen (secondary N) is 1. The normalized spacial score (nSPS) is 17.4. The van der Waals surface area contributed by atoms with Crippen LogP contribution in [0.2, 0.25) is 0 Å². The van der Waals surface area contributed by atoms with Crippen molar-refractivity contribution in [3.63, 3.8) is 0 Å². The highest BCUT2D eigenvalue weighted by Crippen LogP contribution is 2.33. The molecule has 1 atom stereocenters. The van der Waals surface area contributed by atoms with E-state index in [0.29, 0.717) is 5.56 Å². The fraction of sp³-hybridized carbons (Fsp3) is 0.500. The Morgan fingerprint density at radius 2 is 2.25 bits per heavy atom. The summed E-state index contributed by atoms with van der Waals surface area (Å²) in [7, 11) is 0. The van der Waals surface area contributed by atoms with E-state index in [9.17, 15) is 14.9 Å². The lowest BCUT2D eigenvalue weighted by Crippen LogP contribution is -2.32. The van der Waals surface area contributed by atoms with Crippen molar-refractivity contribution >= 4 is 22.2 Å². The molecule has 1 amide bonds. The number of amides is 1. The Hall–Kier alpha value is -2.22. The van der Waals surface area contributed by atoms with Crippen molar-refractivity contribution in [2.75, 3.05) is 0 Å². The van der Waals surface area contributed by atoms with E-state index < -0.39 is 4.92 Å². The Balaban J connectivity index is 1.81. The Kier molecular flexibility index (Phi) is 4.16. The molecule has 7 nitrogen and oxygen atoms in total. The van der Waals surface area contributed by atoms with E-state index >= 15 is 0 Å². The minimum absolute atomic E-state index is 0.0231. The highest BCUT2D eigenvalue weighted by atomic mass is 32.1. The summed E-state index contributed by atoms with van der Waals surface area (Å²) >= 11 is 0.965. The molecule has 0 aromatic carbocycles. The average Bonchev–Trinajstić information content (AvgIpc) is 3.14. The highest BCUT2D eigenvalue weighted by molar-refractivity contribution is 7.13. The van der Waals surface area contributed by atoms with E-state index in [2.05, 4.69) is 31.2 Å². The van der Waals surface area contributed by atoms with Crippen molar-refractivity contribution in [3.8, 4) is 0 Å². The monoisotopic (exact) mass is 348 g/mol. The maximum Gasteiger partial charge on any atom is 0.324 e. The number of hydrogen-bond acceptors (Lipinski definition) is 5. The molecule has 0 unspecified atom stereocenters. The highest BCUT2D eigenvalue weighted by Gasteiger charge is 2.29. The van der Waals surface area contributed by atoms with Crippen LogP contribution in [0.3, 0.4) is 0 Å². The van der Waals surface area contributed by atoms with Crippen LogP contribution in [0.25, 0.3) is 0 Å². The molecule has 0 fully saturated rings. The third-order valence-corrected chi connectivity index (χ3v) is 5.03. The molecule has 1 aliphatic carbocycles. The van der Waals surface area contributed by atoms with Crippen molar-refractivity contribution in [1.82, 2.24) is 15.1 Å². The van der Waals surface area contributed by atoms with Gasteiger partial charge in [-0.1, -0.05) is 11.3 Å². The van der Waals surface area contributed by atoms with Gasteiger partial charge in [0.15, 0.2) is 0 Å². The topological polar surface area (TPSA) is 90.1 Å². The summed E-state index contributed by atoms with van der Waals surface area (Å²) in [5, 5.41) is 19.8. The number of nitrogens with zero attached hydrogens (tertiary/aromatic N) is 3. The first kappa shape index (κ1) is 16.6. The van der Waals surface area contributed by atoms with Gasteiger partial charge in [0.1, 0.15) is 0 Å². The lowest BCUT2D eigenvalue weighted by atomic mass is 9.92. The Morgan fingerprint density at radius 3 is 2.88 bits per heavy atom. The molecule has 2 aromatic rings. The third-order valence-electron chi connectivity index (χ3n) is 4.15. The van der Waals surface area contributed by atoms with Crippen LogP contribution in [-0.4, -0.2) is 20.6 Å². The SMILES string of the molecule is CC(C)(C)n1ncc2c1CCC[C@H]2NC(=O)c1csc([N+](=O)[O-])c1. The smallest absolute Gasteiger partial charge is 0.324 e. The van der Waals surface area contributed by atoms with Gasteiger partial charge in [0.05, 0.1) is 28.3 Å². The summed E-state index contributed by atoms with van der Waals surface area (Å²) in [4.78, 5) is 22.7. The second kappa shape index (κ2) is 6.01. The molecule has 3 rings (SSSR count). The number of fused-ring (bicyclic) bond motifs is 1. The van der Waals surface area contributed by atoms with Gasteiger partial charge < -0.3 is 5.32 Å².